The number of phenols is 1. The Morgan fingerprint density at radius 3 is 2.09 bits per heavy atom. The number of nitrogens with one attached hydrogen (secondary N) is 2. The van der Waals surface area contributed by atoms with E-state index in [1.807, 2.05) is 43.3 Å². The van der Waals surface area contributed by atoms with Crippen LogP contribution < -0.4 is 20.4 Å². The average Bonchev–Trinajstić information content (AvgIpc) is 3.17. The predicted octanol–water partition coefficient (Wildman–Crippen LogP) is 7.72. The van der Waals surface area contributed by atoms with Gasteiger partial charge in [-0.25, -0.2) is 17.9 Å². The van der Waals surface area contributed by atoms with Gasteiger partial charge in [-0.3, -0.25) is 9.59 Å². The van der Waals surface area contributed by atoms with E-state index in [2.05, 4.69) is 20.3 Å². The summed E-state index contributed by atoms with van der Waals surface area (Å²) in [6.07, 6.45) is 2.69. The molecule has 282 valence electrons. The van der Waals surface area contributed by atoms with Crippen LogP contribution in [0.3, 0.4) is 0 Å². The van der Waals surface area contributed by atoms with E-state index in [0.29, 0.717) is 52.8 Å². The fourth-order valence-corrected chi connectivity index (χ4v) is 7.13. The van der Waals surface area contributed by atoms with Crippen molar-refractivity contribution in [3.63, 3.8) is 0 Å². The number of carboxylic acids is 1. The monoisotopic (exact) mass is 761 g/mol. The summed E-state index contributed by atoms with van der Waals surface area (Å²) in [5, 5.41) is 32.0. The zero-order chi connectivity index (χ0) is 39.1. The van der Waals surface area contributed by atoms with Crippen molar-refractivity contribution in [2.75, 3.05) is 32.1 Å². The highest BCUT2D eigenvalue weighted by Gasteiger charge is 2.23. The topological polar surface area (TPSA) is 191 Å². The Bertz CT molecular complexity index is 2510. The lowest BCUT2D eigenvalue weighted by atomic mass is 9.90. The molecule has 55 heavy (non-hydrogen) atoms. The standard InChI is InChI=1S/C41H39N5O8S/c1-46(2)29-12-8-27(9-13-29)44-45-28-10-16-32(17-11-28)55(52,53)43-22-6-4-3-5-21-42-40(49)26-7-18-33(36(23-26)41(50)51)39-34-19-14-30(47)24-37(34)54-38-25-31(48)15-20-35(38)39/h7-20,23-25,43,47H,3-6,21-22H2,1-2H3,(H,42,49)(H,50,51). The van der Waals surface area contributed by atoms with E-state index >= 15 is 0 Å². The van der Waals surface area contributed by atoms with Crippen LogP contribution in [-0.2, 0) is 10.0 Å². The Morgan fingerprint density at radius 2 is 1.42 bits per heavy atom. The number of unbranched alkanes of at least 4 members (excludes halogenated alkanes) is 3. The highest BCUT2D eigenvalue weighted by molar-refractivity contribution is 7.89. The summed E-state index contributed by atoms with van der Waals surface area (Å²) >= 11 is 0. The van der Waals surface area contributed by atoms with E-state index in [1.54, 1.807) is 30.3 Å². The SMILES string of the molecule is CN(C)c1ccc(N=Nc2ccc(S(=O)(=O)NCCCCCCNC(=O)c3ccc(-c4c5ccc(=O)cc-5oc5cc(O)ccc45)c(C(=O)O)c3)cc2)cc1. The molecule has 2 aliphatic rings. The van der Waals surface area contributed by atoms with Crippen LogP contribution in [0, 0.1) is 0 Å². The number of nitrogens with zero attached hydrogens (tertiary/aromatic N) is 3. The summed E-state index contributed by atoms with van der Waals surface area (Å²) in [4.78, 5) is 39.7. The molecule has 0 atom stereocenters. The van der Waals surface area contributed by atoms with E-state index < -0.39 is 21.9 Å². The number of rotatable bonds is 15. The summed E-state index contributed by atoms with van der Waals surface area (Å²) < 4.78 is 34.1. The lowest BCUT2D eigenvalue weighted by Crippen LogP contribution is -2.25. The lowest BCUT2D eigenvalue weighted by Gasteiger charge is -2.17. The first kappa shape index (κ1) is 38.3. The number of phenolic OH excluding ortho intramolecular Hbond substituents is 1. The number of azo groups is 1. The van der Waals surface area contributed by atoms with Crippen LogP contribution >= 0.6 is 0 Å². The molecule has 0 spiro atoms. The molecule has 4 aromatic carbocycles. The third-order valence-corrected chi connectivity index (χ3v) is 10.4. The molecule has 0 radical (unpaired) electrons. The fraction of sp³-hybridized carbons (Fsp3) is 0.195. The van der Waals surface area contributed by atoms with Crippen LogP contribution in [-0.4, -0.2) is 57.7 Å². The van der Waals surface area contributed by atoms with Crippen molar-refractivity contribution in [3.05, 3.63) is 124 Å². The van der Waals surface area contributed by atoms with Gasteiger partial charge in [0.25, 0.3) is 5.91 Å². The number of amides is 1. The van der Waals surface area contributed by atoms with Gasteiger partial charge >= 0.3 is 5.97 Å². The normalized spacial score (nSPS) is 11.7. The van der Waals surface area contributed by atoms with Gasteiger partial charge in [-0.15, -0.1) is 0 Å². The van der Waals surface area contributed by atoms with Crippen molar-refractivity contribution in [1.29, 1.82) is 0 Å². The molecule has 1 heterocycles. The summed E-state index contributed by atoms with van der Waals surface area (Å²) in [6, 6.07) is 26.8. The minimum atomic E-state index is -3.71. The number of aromatic carboxylic acids is 1. The Hall–Kier alpha value is -6.38. The van der Waals surface area contributed by atoms with Crippen LogP contribution in [0.2, 0.25) is 0 Å². The maximum Gasteiger partial charge on any atom is 0.336 e. The summed E-state index contributed by atoms with van der Waals surface area (Å²) in [7, 11) is 0.198. The van der Waals surface area contributed by atoms with Gasteiger partial charge in [-0.2, -0.15) is 10.2 Å². The third-order valence-electron chi connectivity index (χ3n) is 8.93. The van der Waals surface area contributed by atoms with Crippen molar-refractivity contribution in [3.8, 4) is 28.2 Å². The van der Waals surface area contributed by atoms with Crippen LogP contribution in [0.25, 0.3) is 33.4 Å². The molecule has 0 bridgehead atoms. The Balaban J connectivity index is 0.985. The number of hydrogen-bond donors (Lipinski definition) is 4. The number of anilines is 1. The number of carbonyl (C=O) groups excluding carboxylic acids is 1. The molecular weight excluding hydrogens is 723 g/mol. The Morgan fingerprint density at radius 1 is 0.764 bits per heavy atom. The number of hydrogen-bond acceptors (Lipinski definition) is 10. The van der Waals surface area contributed by atoms with Crippen LogP contribution in [0.5, 0.6) is 5.75 Å². The number of aromatic hydroxyl groups is 1. The smallest absolute Gasteiger partial charge is 0.336 e. The largest absolute Gasteiger partial charge is 0.508 e. The minimum Gasteiger partial charge on any atom is -0.508 e. The van der Waals surface area contributed by atoms with E-state index in [1.165, 1.54) is 48.5 Å². The van der Waals surface area contributed by atoms with Crippen molar-refractivity contribution in [2.24, 2.45) is 10.2 Å². The molecule has 0 fully saturated rings. The van der Waals surface area contributed by atoms with Gasteiger partial charge in [0, 0.05) is 67.1 Å². The molecule has 13 nitrogen and oxygen atoms in total. The highest BCUT2D eigenvalue weighted by atomic mass is 32.2. The Labute approximate surface area is 317 Å². The summed E-state index contributed by atoms with van der Waals surface area (Å²) in [5.41, 5.74) is 3.56. The van der Waals surface area contributed by atoms with E-state index in [-0.39, 0.29) is 45.1 Å². The molecule has 0 aromatic heterocycles. The molecule has 1 aliphatic carbocycles. The predicted molar refractivity (Wildman–Crippen MR) is 211 cm³/mol. The molecule has 6 rings (SSSR count). The summed E-state index contributed by atoms with van der Waals surface area (Å²) in [5.74, 6) is -1.52. The zero-order valence-corrected chi connectivity index (χ0v) is 31.0. The zero-order valence-electron chi connectivity index (χ0n) is 30.2. The second kappa shape index (κ2) is 16.7. The van der Waals surface area contributed by atoms with Gasteiger partial charge in [0.15, 0.2) is 5.43 Å². The maximum atomic E-state index is 13.0. The second-order valence-electron chi connectivity index (χ2n) is 13.1. The van der Waals surface area contributed by atoms with Gasteiger partial charge in [-0.1, -0.05) is 18.9 Å². The molecule has 1 amide bonds. The average molecular weight is 762 g/mol. The van der Waals surface area contributed by atoms with Crippen LogP contribution in [0.1, 0.15) is 46.4 Å². The first-order chi connectivity index (χ1) is 26.4. The number of benzene rings is 5. The van der Waals surface area contributed by atoms with Crippen LogP contribution in [0.15, 0.2) is 127 Å². The number of carbonyl (C=O) groups is 2. The molecule has 14 heteroatoms. The maximum absolute atomic E-state index is 13.0. The first-order valence-electron chi connectivity index (χ1n) is 17.5. The molecule has 0 unspecified atom stereocenters. The van der Waals surface area contributed by atoms with Gasteiger partial charge in [0.2, 0.25) is 10.0 Å². The van der Waals surface area contributed by atoms with Gasteiger partial charge in [0.05, 0.1) is 21.8 Å². The first-order valence-corrected chi connectivity index (χ1v) is 19.0. The molecule has 1 aliphatic heterocycles. The van der Waals surface area contributed by atoms with Crippen molar-refractivity contribution < 1.29 is 32.6 Å². The number of sulfonamides is 1. The molecule has 4 aromatic rings. The van der Waals surface area contributed by atoms with Crippen molar-refractivity contribution in [1.82, 2.24) is 10.0 Å². The van der Waals surface area contributed by atoms with E-state index in [4.69, 9.17) is 4.42 Å². The Kier molecular flexibility index (Phi) is 11.7. The third kappa shape index (κ3) is 9.23. The van der Waals surface area contributed by atoms with Crippen LogP contribution in [0.4, 0.5) is 17.1 Å². The van der Waals surface area contributed by atoms with Crippen molar-refractivity contribution in [2.45, 2.75) is 30.6 Å². The van der Waals surface area contributed by atoms with Gasteiger partial charge in [0.1, 0.15) is 17.1 Å². The quantitative estimate of drug-likeness (QED) is 0.0461. The van der Waals surface area contributed by atoms with Gasteiger partial charge < -0.3 is 24.8 Å². The summed E-state index contributed by atoms with van der Waals surface area (Å²) in [6.45, 7) is 0.596. The van der Waals surface area contributed by atoms with Crippen molar-refractivity contribution >= 4 is 49.9 Å². The highest BCUT2D eigenvalue weighted by Crippen LogP contribution is 2.42. The van der Waals surface area contributed by atoms with Gasteiger partial charge in [-0.05, 0) is 103 Å². The number of fused-ring (bicyclic) bond motifs is 2. The molecule has 4 N–H and O–H groups in total. The lowest BCUT2D eigenvalue weighted by molar-refractivity contribution is 0.0697. The fourth-order valence-electron chi connectivity index (χ4n) is 6.05. The second-order valence-corrected chi connectivity index (χ2v) is 14.8. The molecular formula is C41H39N5O8S. The van der Waals surface area contributed by atoms with E-state index in [9.17, 15) is 33.0 Å². The number of carboxylic acid groups (broad SMARTS) is 1. The molecule has 0 saturated heterocycles. The van der Waals surface area contributed by atoms with E-state index in [0.717, 1.165) is 18.5 Å². The minimum absolute atomic E-state index is 0.0594. The molecule has 0 saturated carbocycles.